The highest BCUT2D eigenvalue weighted by atomic mass is 79.9. The molecule has 1 aromatic carbocycles. The predicted octanol–water partition coefficient (Wildman–Crippen LogP) is 6.39. The first-order chi connectivity index (χ1) is 19.0. The highest BCUT2D eigenvalue weighted by Gasteiger charge is 2.32. The summed E-state index contributed by atoms with van der Waals surface area (Å²) in [7, 11) is 0. The van der Waals surface area contributed by atoms with Crippen molar-refractivity contribution in [2.45, 2.75) is 59.0 Å². The molecule has 3 aromatic rings. The van der Waals surface area contributed by atoms with E-state index in [0.717, 1.165) is 74.2 Å². The third-order valence-electron chi connectivity index (χ3n) is 7.43. The van der Waals surface area contributed by atoms with Crippen LogP contribution < -0.4 is 0 Å². The number of carbonyl (C=O) groups excluding carboxylic acids is 1. The second-order valence-corrected chi connectivity index (χ2v) is 10.9. The molecular weight excluding hydrogens is 554 g/mol. The lowest BCUT2D eigenvalue weighted by molar-refractivity contribution is -0.138. The summed E-state index contributed by atoms with van der Waals surface area (Å²) in [5.41, 5.74) is 3.43. The van der Waals surface area contributed by atoms with Crippen LogP contribution >= 0.6 is 15.9 Å². The van der Waals surface area contributed by atoms with Crippen molar-refractivity contribution in [1.29, 1.82) is 0 Å². The average Bonchev–Trinajstić information content (AvgIpc) is 3.58. The van der Waals surface area contributed by atoms with Gasteiger partial charge in [0.25, 0.3) is 0 Å². The molecule has 8 heteroatoms. The van der Waals surface area contributed by atoms with E-state index in [1.54, 1.807) is 31.7 Å². The number of furan rings is 1. The number of halogens is 1. The molecule has 0 atom stereocenters. The number of rotatable bonds is 5. The molecule has 5 rings (SSSR count). The molecule has 39 heavy (non-hydrogen) atoms. The Bertz CT molecular complexity index is 1330. The molecule has 4 heterocycles. The monoisotopic (exact) mass is 591 g/mol. The topological polar surface area (TPSA) is 66.9 Å². The highest BCUT2D eigenvalue weighted by Crippen LogP contribution is 2.31. The van der Waals surface area contributed by atoms with Crippen LogP contribution in [0.15, 0.2) is 63.0 Å². The third kappa shape index (κ3) is 7.71. The molecule has 0 radical (unpaired) electrons. The van der Waals surface area contributed by atoms with Gasteiger partial charge in [0.05, 0.1) is 23.6 Å². The van der Waals surface area contributed by atoms with Crippen molar-refractivity contribution < 1.29 is 9.21 Å². The summed E-state index contributed by atoms with van der Waals surface area (Å²) in [6.45, 7) is 10.3. The van der Waals surface area contributed by atoms with Crippen LogP contribution in [-0.4, -0.2) is 57.7 Å². The van der Waals surface area contributed by atoms with Gasteiger partial charge < -0.3 is 13.9 Å². The van der Waals surface area contributed by atoms with Crippen LogP contribution in [0.25, 0.3) is 11.0 Å². The molecule has 0 spiro atoms. The summed E-state index contributed by atoms with van der Waals surface area (Å²) in [6, 6.07) is 8.74. The zero-order chi connectivity index (χ0) is 27.6. The number of carbonyl (C=O) groups is 1. The number of hydrogen-bond acceptors (Lipinski definition) is 5. The lowest BCUT2D eigenvalue weighted by atomic mass is 9.93. The lowest BCUT2D eigenvalue weighted by Crippen LogP contribution is -2.45. The zero-order valence-corrected chi connectivity index (χ0v) is 24.7. The van der Waals surface area contributed by atoms with Gasteiger partial charge in [-0.3, -0.25) is 14.7 Å². The first-order valence-electron chi connectivity index (χ1n) is 13.7. The van der Waals surface area contributed by atoms with Crippen LogP contribution in [0.5, 0.6) is 0 Å². The molecule has 206 valence electrons. The van der Waals surface area contributed by atoms with E-state index in [1.807, 2.05) is 19.3 Å². The maximum Gasteiger partial charge on any atom is 0.225 e. The highest BCUT2D eigenvalue weighted by molar-refractivity contribution is 9.10. The van der Waals surface area contributed by atoms with Crippen LogP contribution in [-0.2, 0) is 11.3 Å². The minimum atomic E-state index is 0.172. The Hall–Kier alpha value is -3.15. The second kappa shape index (κ2) is 14.3. The van der Waals surface area contributed by atoms with Crippen molar-refractivity contribution in [3.63, 3.8) is 0 Å². The lowest BCUT2D eigenvalue weighted by Gasteiger charge is -2.37. The number of nitrogens with zero attached hydrogens (tertiary/aromatic N) is 5. The Kier molecular flexibility index (Phi) is 10.6. The minimum absolute atomic E-state index is 0.172. The van der Waals surface area contributed by atoms with Gasteiger partial charge in [-0.1, -0.05) is 21.9 Å². The first kappa shape index (κ1) is 28.8. The van der Waals surface area contributed by atoms with Gasteiger partial charge in [-0.05, 0) is 83.8 Å². The van der Waals surface area contributed by atoms with Crippen LogP contribution in [0.4, 0.5) is 0 Å². The van der Waals surface area contributed by atoms with Crippen molar-refractivity contribution in [1.82, 2.24) is 19.4 Å². The molecule has 0 bridgehead atoms. The van der Waals surface area contributed by atoms with Crippen LogP contribution in [0.1, 0.15) is 57.0 Å². The quantitative estimate of drug-likeness (QED) is 0.255. The number of aryl methyl sites for hydroxylation is 1. The molecule has 1 amide bonds. The van der Waals surface area contributed by atoms with Crippen molar-refractivity contribution in [3.8, 4) is 11.8 Å². The summed E-state index contributed by atoms with van der Waals surface area (Å²) in [6.07, 6.45) is 12.5. The molecule has 2 fully saturated rings. The maximum atomic E-state index is 13.2. The van der Waals surface area contributed by atoms with Gasteiger partial charge >= 0.3 is 0 Å². The van der Waals surface area contributed by atoms with Gasteiger partial charge in [-0.15, -0.1) is 5.92 Å². The van der Waals surface area contributed by atoms with E-state index in [4.69, 9.17) is 9.40 Å². The van der Waals surface area contributed by atoms with Gasteiger partial charge in [-0.25, -0.2) is 4.98 Å². The number of imidazole rings is 1. The zero-order valence-electron chi connectivity index (χ0n) is 23.1. The molecule has 2 aliphatic heterocycles. The molecule has 7 nitrogen and oxygen atoms in total. The fourth-order valence-corrected chi connectivity index (χ4v) is 5.83. The Morgan fingerprint density at radius 3 is 2.62 bits per heavy atom. The summed E-state index contributed by atoms with van der Waals surface area (Å²) in [5, 5.41) is 0. The largest absolute Gasteiger partial charge is 0.472 e. The molecule has 0 saturated carbocycles. The molecule has 2 saturated heterocycles. The predicted molar refractivity (Wildman–Crippen MR) is 160 cm³/mol. The van der Waals surface area contributed by atoms with Crippen molar-refractivity contribution in [2.75, 3.05) is 26.2 Å². The number of aromatic nitrogens is 2. The van der Waals surface area contributed by atoms with E-state index in [0.29, 0.717) is 11.9 Å². The molecule has 0 unspecified atom stereocenters. The summed E-state index contributed by atoms with van der Waals surface area (Å²) >= 11 is 3.54. The van der Waals surface area contributed by atoms with E-state index in [-0.39, 0.29) is 5.92 Å². The fraction of sp³-hybridized carbons (Fsp3) is 0.452. The third-order valence-corrected chi connectivity index (χ3v) is 7.92. The molecule has 0 aliphatic carbocycles. The van der Waals surface area contributed by atoms with Crippen LogP contribution in [0.2, 0.25) is 0 Å². The van der Waals surface area contributed by atoms with Gasteiger partial charge in [-0.2, -0.15) is 0 Å². The van der Waals surface area contributed by atoms with Crippen molar-refractivity contribution >= 4 is 39.1 Å². The van der Waals surface area contributed by atoms with Gasteiger partial charge in [0.2, 0.25) is 5.91 Å². The Morgan fingerprint density at radius 2 is 1.95 bits per heavy atom. The van der Waals surface area contributed by atoms with Crippen molar-refractivity contribution in [2.24, 2.45) is 10.9 Å². The molecule has 2 aromatic heterocycles. The number of likely N-dealkylation sites (tertiary alicyclic amines) is 2. The number of benzene rings is 1. The van der Waals surface area contributed by atoms with Crippen LogP contribution in [0.3, 0.4) is 0 Å². The molecule has 2 aliphatic rings. The number of piperidine rings is 2. The number of amides is 1. The van der Waals surface area contributed by atoms with E-state index in [1.165, 1.54) is 11.1 Å². The standard InChI is InChI=1S/C24H29BrN4O2.C7H9N/c1-17-26-22-14-20(25)2-3-23(22)29(17)21-6-11-28(12-7-21)24(30)19-4-9-27(10-5-19)15-18-8-13-31-16-18;1-3-5-6-7-8-4-2/h2-3,8,13-14,16,19,21H,4-7,9-12,15H2,1H3;4,6-7H,1-2H3/b;7-6-,8-4?. The molecule has 0 N–H and O–H groups in total. The fourth-order valence-electron chi connectivity index (χ4n) is 5.48. The number of allylic oxidation sites excluding steroid dienone is 1. The van der Waals surface area contributed by atoms with E-state index in [9.17, 15) is 4.79 Å². The number of aliphatic imine (C=N–C) groups is 1. The minimum Gasteiger partial charge on any atom is -0.472 e. The summed E-state index contributed by atoms with van der Waals surface area (Å²) in [5.74, 6) is 7.04. The Morgan fingerprint density at radius 1 is 1.18 bits per heavy atom. The summed E-state index contributed by atoms with van der Waals surface area (Å²) in [4.78, 5) is 26.2. The number of hydrogen-bond donors (Lipinski definition) is 0. The van der Waals surface area contributed by atoms with Gasteiger partial charge in [0.1, 0.15) is 5.82 Å². The van der Waals surface area contributed by atoms with E-state index >= 15 is 0 Å². The van der Waals surface area contributed by atoms with E-state index < -0.39 is 0 Å². The Balaban J connectivity index is 0.000000386. The molecular formula is C31H38BrN5O2. The SMILES string of the molecule is CC#C/C=C\N=CC.Cc1nc2cc(Br)ccc2n1C1CCN(C(=O)C2CCN(Cc3ccoc3)CC2)CC1. The normalized spacial score (nSPS) is 17.4. The van der Waals surface area contributed by atoms with Gasteiger partial charge in [0, 0.05) is 60.1 Å². The van der Waals surface area contributed by atoms with E-state index in [2.05, 4.69) is 72.3 Å². The Labute approximate surface area is 240 Å². The van der Waals surface area contributed by atoms with Crippen molar-refractivity contribution in [3.05, 3.63) is 64.9 Å². The first-order valence-corrected chi connectivity index (χ1v) is 14.5. The van der Waals surface area contributed by atoms with Gasteiger partial charge in [0.15, 0.2) is 0 Å². The average molecular weight is 593 g/mol. The second-order valence-electron chi connectivity index (χ2n) is 10.0. The number of fused-ring (bicyclic) bond motifs is 1. The van der Waals surface area contributed by atoms with Crippen LogP contribution in [0, 0.1) is 24.7 Å². The smallest absolute Gasteiger partial charge is 0.225 e. The summed E-state index contributed by atoms with van der Waals surface area (Å²) < 4.78 is 8.60. The maximum absolute atomic E-state index is 13.2.